The van der Waals surface area contributed by atoms with Crippen LogP contribution in [0.25, 0.3) is 0 Å². The van der Waals surface area contributed by atoms with Crippen molar-refractivity contribution in [2.45, 2.75) is 17.7 Å². The van der Waals surface area contributed by atoms with E-state index in [0.29, 0.717) is 13.1 Å². The number of nitrogens with zero attached hydrogens (tertiary/aromatic N) is 1. The molecule has 1 aliphatic rings. The van der Waals surface area contributed by atoms with Gasteiger partial charge in [0.1, 0.15) is 16.2 Å². The van der Waals surface area contributed by atoms with E-state index in [1.54, 1.807) is 4.90 Å². The van der Waals surface area contributed by atoms with E-state index in [0.717, 1.165) is 12.8 Å². The Morgan fingerprint density at radius 2 is 1.81 bits per heavy atom. The second-order valence-corrected chi connectivity index (χ2v) is 6.25. The molecule has 0 radical (unpaired) electrons. The van der Waals surface area contributed by atoms with Gasteiger partial charge >= 0.3 is 0 Å². The van der Waals surface area contributed by atoms with Crippen LogP contribution in [0.5, 0.6) is 11.5 Å². The number of amides is 1. The fourth-order valence-electron chi connectivity index (χ4n) is 2.42. The Hall–Kier alpha value is -1.80. The molecule has 1 fully saturated rings. The minimum Gasteiger partial charge on any atom is -0.496 e. The third-order valence-corrected chi connectivity index (χ3v) is 4.36. The highest BCUT2D eigenvalue weighted by atomic mass is 32.2. The number of rotatable bonds is 4. The highest BCUT2D eigenvalue weighted by molar-refractivity contribution is 7.89. The van der Waals surface area contributed by atoms with Gasteiger partial charge in [0.2, 0.25) is 10.0 Å². The summed E-state index contributed by atoms with van der Waals surface area (Å²) in [7, 11) is -1.30. The molecule has 7 nitrogen and oxygen atoms in total. The highest BCUT2D eigenvalue weighted by Crippen LogP contribution is 2.35. The second kappa shape index (κ2) is 5.90. The van der Waals surface area contributed by atoms with Gasteiger partial charge in [0.25, 0.3) is 5.91 Å². The topological polar surface area (TPSA) is 98.9 Å². The van der Waals surface area contributed by atoms with Gasteiger partial charge in [-0.1, -0.05) is 0 Å². The van der Waals surface area contributed by atoms with Crippen LogP contribution in [0.2, 0.25) is 0 Å². The van der Waals surface area contributed by atoms with Crippen molar-refractivity contribution in [3.63, 3.8) is 0 Å². The second-order valence-electron chi connectivity index (χ2n) is 4.72. The van der Waals surface area contributed by atoms with Gasteiger partial charge in [-0.15, -0.1) is 0 Å². The van der Waals surface area contributed by atoms with Gasteiger partial charge in [-0.2, -0.15) is 0 Å². The summed E-state index contributed by atoms with van der Waals surface area (Å²) in [6.07, 6.45) is 1.84. The lowest BCUT2D eigenvalue weighted by molar-refractivity contribution is 0.0785. The summed E-state index contributed by atoms with van der Waals surface area (Å²) in [6, 6.07) is 2.68. The maximum absolute atomic E-state index is 12.6. The van der Waals surface area contributed by atoms with Crippen molar-refractivity contribution in [1.82, 2.24) is 4.90 Å². The first kappa shape index (κ1) is 15.6. The van der Waals surface area contributed by atoms with Crippen LogP contribution in [-0.2, 0) is 10.0 Å². The van der Waals surface area contributed by atoms with E-state index in [2.05, 4.69) is 0 Å². The smallest absolute Gasteiger partial charge is 0.261 e. The summed E-state index contributed by atoms with van der Waals surface area (Å²) in [4.78, 5) is 14.0. The number of primary sulfonamides is 1. The van der Waals surface area contributed by atoms with E-state index in [-0.39, 0.29) is 27.9 Å². The Balaban J connectivity index is 2.63. The first-order valence-electron chi connectivity index (χ1n) is 6.47. The van der Waals surface area contributed by atoms with Gasteiger partial charge in [-0.3, -0.25) is 4.79 Å². The fourth-order valence-corrected chi connectivity index (χ4v) is 3.12. The molecule has 1 aromatic rings. The number of benzene rings is 1. The predicted molar refractivity (Wildman–Crippen MR) is 76.1 cm³/mol. The van der Waals surface area contributed by atoms with Gasteiger partial charge < -0.3 is 14.4 Å². The van der Waals surface area contributed by atoms with Crippen molar-refractivity contribution >= 4 is 15.9 Å². The van der Waals surface area contributed by atoms with Crippen molar-refractivity contribution in [3.05, 3.63) is 17.7 Å². The molecule has 0 unspecified atom stereocenters. The molecule has 1 aliphatic heterocycles. The molecule has 1 saturated heterocycles. The van der Waals surface area contributed by atoms with Gasteiger partial charge in [-0.05, 0) is 25.0 Å². The Morgan fingerprint density at radius 3 is 2.29 bits per heavy atom. The van der Waals surface area contributed by atoms with Gasteiger partial charge in [0.15, 0.2) is 5.75 Å². The number of likely N-dealkylation sites (tertiary alicyclic amines) is 1. The number of ether oxygens (including phenoxy) is 2. The zero-order chi connectivity index (χ0) is 15.6. The number of hydrogen-bond donors (Lipinski definition) is 1. The lowest BCUT2D eigenvalue weighted by atomic mass is 10.1. The average molecular weight is 314 g/mol. The molecular weight excluding hydrogens is 296 g/mol. The molecule has 0 aromatic heterocycles. The molecule has 21 heavy (non-hydrogen) atoms. The number of carbonyl (C=O) groups excluding carboxylic acids is 1. The molecule has 0 spiro atoms. The SMILES string of the molecule is COc1ccc(S(N)(=O)=O)c(OC)c1C(=O)N1CCCC1. The molecule has 116 valence electrons. The van der Waals surface area contributed by atoms with E-state index < -0.39 is 10.0 Å². The summed E-state index contributed by atoms with van der Waals surface area (Å²) >= 11 is 0. The Morgan fingerprint density at radius 1 is 1.19 bits per heavy atom. The van der Waals surface area contributed by atoms with E-state index in [1.165, 1.54) is 26.4 Å². The fraction of sp³-hybridized carbons (Fsp3) is 0.462. The van der Waals surface area contributed by atoms with Crippen molar-refractivity contribution in [2.75, 3.05) is 27.3 Å². The zero-order valence-electron chi connectivity index (χ0n) is 12.0. The van der Waals surface area contributed by atoms with Crippen LogP contribution < -0.4 is 14.6 Å². The van der Waals surface area contributed by atoms with Crippen LogP contribution in [0.15, 0.2) is 17.0 Å². The van der Waals surface area contributed by atoms with Crippen molar-refractivity contribution < 1.29 is 22.7 Å². The third kappa shape index (κ3) is 2.96. The van der Waals surface area contributed by atoms with Gasteiger partial charge in [0.05, 0.1) is 14.2 Å². The highest BCUT2D eigenvalue weighted by Gasteiger charge is 2.30. The van der Waals surface area contributed by atoms with Gasteiger partial charge in [-0.25, -0.2) is 13.6 Å². The molecule has 2 rings (SSSR count). The predicted octanol–water partition coefficient (Wildman–Crippen LogP) is 0.587. The summed E-state index contributed by atoms with van der Waals surface area (Å²) in [5.74, 6) is -0.128. The maximum Gasteiger partial charge on any atom is 0.261 e. The minimum atomic E-state index is -4.00. The summed E-state index contributed by atoms with van der Waals surface area (Å²) in [5, 5.41) is 5.17. The molecule has 1 amide bonds. The average Bonchev–Trinajstić information content (AvgIpc) is 2.97. The first-order chi connectivity index (χ1) is 9.90. The summed E-state index contributed by atoms with van der Waals surface area (Å²) in [5.41, 5.74) is 0.0911. The van der Waals surface area contributed by atoms with Crippen LogP contribution in [0.4, 0.5) is 0 Å². The molecule has 0 bridgehead atoms. The van der Waals surface area contributed by atoms with Crippen LogP contribution in [0.1, 0.15) is 23.2 Å². The maximum atomic E-state index is 12.6. The molecule has 1 heterocycles. The van der Waals surface area contributed by atoms with E-state index in [1.807, 2.05) is 0 Å². The largest absolute Gasteiger partial charge is 0.496 e. The monoisotopic (exact) mass is 314 g/mol. The van der Waals surface area contributed by atoms with E-state index >= 15 is 0 Å². The third-order valence-electron chi connectivity index (χ3n) is 3.42. The Labute approximate surface area is 123 Å². The lowest BCUT2D eigenvalue weighted by Gasteiger charge is -2.20. The van der Waals surface area contributed by atoms with Gasteiger partial charge in [0, 0.05) is 13.1 Å². The normalized spacial score (nSPS) is 15.1. The first-order valence-corrected chi connectivity index (χ1v) is 8.02. The Kier molecular flexibility index (Phi) is 4.38. The van der Waals surface area contributed by atoms with Crippen LogP contribution >= 0.6 is 0 Å². The summed E-state index contributed by atoms with van der Waals surface area (Å²) < 4.78 is 33.6. The number of hydrogen-bond acceptors (Lipinski definition) is 5. The van der Waals surface area contributed by atoms with Crippen LogP contribution in [0, 0.1) is 0 Å². The quantitative estimate of drug-likeness (QED) is 0.877. The van der Waals surface area contributed by atoms with E-state index in [9.17, 15) is 13.2 Å². The van der Waals surface area contributed by atoms with Crippen molar-refractivity contribution in [1.29, 1.82) is 0 Å². The number of methoxy groups -OCH3 is 2. The molecule has 2 N–H and O–H groups in total. The van der Waals surface area contributed by atoms with Crippen LogP contribution in [0.3, 0.4) is 0 Å². The number of nitrogens with two attached hydrogens (primary N) is 1. The minimum absolute atomic E-state index is 0.0752. The number of sulfonamides is 1. The van der Waals surface area contributed by atoms with Crippen molar-refractivity contribution in [2.24, 2.45) is 5.14 Å². The molecule has 8 heteroatoms. The standard InChI is InChI=1S/C13H18N2O5S/c1-19-9-5-6-10(21(14,17)18)12(20-2)11(9)13(16)15-7-3-4-8-15/h5-6H,3-4,7-8H2,1-2H3,(H2,14,17,18). The number of carbonyl (C=O) groups is 1. The Bertz CT molecular complexity index is 651. The lowest BCUT2D eigenvalue weighted by Crippen LogP contribution is -2.29. The summed E-state index contributed by atoms with van der Waals surface area (Å²) in [6.45, 7) is 1.26. The van der Waals surface area contributed by atoms with Crippen molar-refractivity contribution in [3.8, 4) is 11.5 Å². The van der Waals surface area contributed by atoms with Crippen LogP contribution in [-0.4, -0.2) is 46.5 Å². The molecular formula is C13H18N2O5S. The molecule has 0 saturated carbocycles. The van der Waals surface area contributed by atoms with E-state index in [4.69, 9.17) is 14.6 Å². The molecule has 0 aliphatic carbocycles. The molecule has 1 aromatic carbocycles. The molecule has 0 atom stereocenters. The zero-order valence-corrected chi connectivity index (χ0v) is 12.8.